The third-order valence-electron chi connectivity index (χ3n) is 2.56. The molecule has 0 spiro atoms. The minimum Gasteiger partial charge on any atom is -0.368 e. The largest absolute Gasteiger partial charge is 0.401 e. The molecule has 1 aliphatic carbocycles. The van der Waals surface area contributed by atoms with E-state index in [9.17, 15) is 18.0 Å². The van der Waals surface area contributed by atoms with Gasteiger partial charge in [0.05, 0.1) is 12.1 Å². The van der Waals surface area contributed by atoms with Crippen molar-refractivity contribution >= 4 is 5.91 Å². The third kappa shape index (κ3) is 2.60. The van der Waals surface area contributed by atoms with Crippen molar-refractivity contribution in [2.45, 2.75) is 37.4 Å². The molecule has 1 amide bonds. The second-order valence-electron chi connectivity index (χ2n) is 3.62. The van der Waals surface area contributed by atoms with E-state index in [2.05, 4.69) is 5.32 Å². The number of primary amides is 1. The predicted molar refractivity (Wildman–Crippen MR) is 44.5 cm³/mol. The van der Waals surface area contributed by atoms with E-state index in [1.807, 2.05) is 0 Å². The van der Waals surface area contributed by atoms with E-state index in [4.69, 9.17) is 5.73 Å². The highest BCUT2D eigenvalue weighted by Crippen LogP contribution is 2.30. The number of alkyl halides is 3. The van der Waals surface area contributed by atoms with E-state index in [1.54, 1.807) is 0 Å². The Balaban J connectivity index is 2.57. The van der Waals surface area contributed by atoms with Crippen LogP contribution < -0.4 is 11.1 Å². The van der Waals surface area contributed by atoms with Crippen LogP contribution in [0.5, 0.6) is 0 Å². The molecular formula is C8H13F3N2O. The van der Waals surface area contributed by atoms with Crippen LogP contribution in [0.3, 0.4) is 0 Å². The Morgan fingerprint density at radius 3 is 2.21 bits per heavy atom. The summed E-state index contributed by atoms with van der Waals surface area (Å²) in [5, 5.41) is 2.23. The molecule has 0 heterocycles. The molecule has 3 N–H and O–H groups in total. The monoisotopic (exact) mass is 210 g/mol. The van der Waals surface area contributed by atoms with E-state index in [0.29, 0.717) is 12.8 Å². The zero-order valence-corrected chi connectivity index (χ0v) is 7.66. The predicted octanol–water partition coefficient (Wildman–Crippen LogP) is 0.936. The number of hydrogen-bond acceptors (Lipinski definition) is 2. The third-order valence-corrected chi connectivity index (χ3v) is 2.56. The fourth-order valence-corrected chi connectivity index (χ4v) is 1.76. The van der Waals surface area contributed by atoms with Gasteiger partial charge in [0.1, 0.15) is 0 Å². The standard InChI is InChI=1S/C8H13F3N2O/c9-8(10,11)5-13-7(6(12)14)3-1-2-4-7/h13H,1-5H2,(H2,12,14). The van der Waals surface area contributed by atoms with Gasteiger partial charge < -0.3 is 5.73 Å². The number of carbonyl (C=O) groups excluding carboxylic acids is 1. The maximum Gasteiger partial charge on any atom is 0.401 e. The summed E-state index contributed by atoms with van der Waals surface area (Å²) in [6.07, 6.45) is -2.01. The summed E-state index contributed by atoms with van der Waals surface area (Å²) in [6.45, 7) is -1.16. The summed E-state index contributed by atoms with van der Waals surface area (Å²) in [5.41, 5.74) is 3.96. The Bertz CT molecular complexity index is 221. The first-order chi connectivity index (χ1) is 6.36. The average molecular weight is 210 g/mol. The molecule has 14 heavy (non-hydrogen) atoms. The highest BCUT2D eigenvalue weighted by atomic mass is 19.4. The van der Waals surface area contributed by atoms with E-state index in [-0.39, 0.29) is 0 Å². The lowest BCUT2D eigenvalue weighted by Crippen LogP contribution is -2.55. The molecular weight excluding hydrogens is 197 g/mol. The van der Waals surface area contributed by atoms with Gasteiger partial charge in [0.25, 0.3) is 0 Å². The number of carbonyl (C=O) groups is 1. The van der Waals surface area contributed by atoms with E-state index in [1.165, 1.54) is 0 Å². The van der Waals surface area contributed by atoms with Gasteiger partial charge in [0, 0.05) is 0 Å². The van der Waals surface area contributed by atoms with Crippen LogP contribution >= 0.6 is 0 Å². The minimum absolute atomic E-state index is 0.401. The van der Waals surface area contributed by atoms with Gasteiger partial charge in [0.15, 0.2) is 0 Å². The van der Waals surface area contributed by atoms with Crippen LogP contribution in [0.4, 0.5) is 13.2 Å². The molecule has 0 aromatic carbocycles. The van der Waals surface area contributed by atoms with E-state index < -0.39 is 24.2 Å². The molecule has 1 rings (SSSR count). The normalized spacial score (nSPS) is 21.1. The molecule has 1 saturated carbocycles. The Morgan fingerprint density at radius 1 is 1.36 bits per heavy atom. The summed E-state index contributed by atoms with van der Waals surface area (Å²) in [5.74, 6) is -0.681. The van der Waals surface area contributed by atoms with Crippen LogP contribution in [0.25, 0.3) is 0 Å². The topological polar surface area (TPSA) is 55.1 Å². The van der Waals surface area contributed by atoms with Crippen molar-refractivity contribution in [1.29, 1.82) is 0 Å². The minimum atomic E-state index is -4.30. The molecule has 1 aliphatic rings. The molecule has 0 aliphatic heterocycles. The van der Waals surface area contributed by atoms with Crippen molar-refractivity contribution < 1.29 is 18.0 Å². The van der Waals surface area contributed by atoms with E-state index >= 15 is 0 Å². The smallest absolute Gasteiger partial charge is 0.368 e. The number of amides is 1. The fourth-order valence-electron chi connectivity index (χ4n) is 1.76. The van der Waals surface area contributed by atoms with Crippen LogP contribution in [-0.2, 0) is 4.79 Å². The summed E-state index contributed by atoms with van der Waals surface area (Å²) in [6, 6.07) is 0. The molecule has 6 heteroatoms. The molecule has 0 aromatic rings. The zero-order valence-electron chi connectivity index (χ0n) is 7.66. The van der Waals surface area contributed by atoms with Crippen LogP contribution in [0, 0.1) is 0 Å². The maximum absolute atomic E-state index is 11.9. The van der Waals surface area contributed by atoms with Crippen molar-refractivity contribution in [3.05, 3.63) is 0 Å². The van der Waals surface area contributed by atoms with Gasteiger partial charge in [-0.15, -0.1) is 0 Å². The highest BCUT2D eigenvalue weighted by Gasteiger charge is 2.42. The zero-order chi connectivity index (χ0) is 10.8. The summed E-state index contributed by atoms with van der Waals surface area (Å²) >= 11 is 0. The fraction of sp³-hybridized carbons (Fsp3) is 0.875. The van der Waals surface area contributed by atoms with E-state index in [0.717, 1.165) is 12.8 Å². The Kier molecular flexibility index (Phi) is 3.04. The number of halogens is 3. The van der Waals surface area contributed by atoms with Gasteiger partial charge in [-0.2, -0.15) is 13.2 Å². The summed E-state index contributed by atoms with van der Waals surface area (Å²) < 4.78 is 35.8. The van der Waals surface area contributed by atoms with Crippen LogP contribution in [0.1, 0.15) is 25.7 Å². The van der Waals surface area contributed by atoms with Gasteiger partial charge in [-0.1, -0.05) is 12.8 Å². The molecule has 1 fully saturated rings. The second-order valence-corrected chi connectivity index (χ2v) is 3.62. The van der Waals surface area contributed by atoms with Crippen molar-refractivity contribution in [3.63, 3.8) is 0 Å². The van der Waals surface area contributed by atoms with Crippen LogP contribution in [-0.4, -0.2) is 24.2 Å². The van der Waals surface area contributed by atoms with Crippen molar-refractivity contribution in [2.75, 3.05) is 6.54 Å². The molecule has 0 unspecified atom stereocenters. The molecule has 0 atom stereocenters. The van der Waals surface area contributed by atoms with Gasteiger partial charge in [-0.3, -0.25) is 10.1 Å². The van der Waals surface area contributed by atoms with Gasteiger partial charge >= 0.3 is 6.18 Å². The molecule has 82 valence electrons. The van der Waals surface area contributed by atoms with Crippen LogP contribution in [0.15, 0.2) is 0 Å². The molecule has 3 nitrogen and oxygen atoms in total. The summed E-state index contributed by atoms with van der Waals surface area (Å²) in [4.78, 5) is 11.0. The Labute approximate surface area is 79.8 Å². The first kappa shape index (κ1) is 11.3. The lowest BCUT2D eigenvalue weighted by molar-refractivity contribution is -0.135. The van der Waals surface area contributed by atoms with Crippen molar-refractivity contribution in [2.24, 2.45) is 5.73 Å². The number of hydrogen-bond donors (Lipinski definition) is 2. The molecule has 0 radical (unpaired) electrons. The van der Waals surface area contributed by atoms with Gasteiger partial charge in [0.2, 0.25) is 5.91 Å². The van der Waals surface area contributed by atoms with Gasteiger partial charge in [-0.05, 0) is 12.8 Å². The lowest BCUT2D eigenvalue weighted by atomic mass is 9.97. The van der Waals surface area contributed by atoms with Gasteiger partial charge in [-0.25, -0.2) is 0 Å². The first-order valence-electron chi connectivity index (χ1n) is 4.47. The van der Waals surface area contributed by atoms with Crippen molar-refractivity contribution in [3.8, 4) is 0 Å². The van der Waals surface area contributed by atoms with Crippen molar-refractivity contribution in [1.82, 2.24) is 5.32 Å². The summed E-state index contributed by atoms with van der Waals surface area (Å²) in [7, 11) is 0. The quantitative estimate of drug-likeness (QED) is 0.728. The molecule has 0 aromatic heterocycles. The number of nitrogens with two attached hydrogens (primary N) is 1. The maximum atomic E-state index is 11.9. The molecule has 0 bridgehead atoms. The average Bonchev–Trinajstić information content (AvgIpc) is 2.48. The Morgan fingerprint density at radius 2 is 1.86 bits per heavy atom. The second kappa shape index (κ2) is 3.76. The lowest BCUT2D eigenvalue weighted by Gasteiger charge is -2.27. The highest BCUT2D eigenvalue weighted by molar-refractivity contribution is 5.85. The molecule has 0 saturated heterocycles. The SMILES string of the molecule is NC(=O)C1(NCC(F)(F)F)CCCC1. The number of nitrogens with one attached hydrogen (secondary N) is 1. The Hall–Kier alpha value is -0.780. The first-order valence-corrected chi connectivity index (χ1v) is 4.47. The number of rotatable bonds is 3. The van der Waals surface area contributed by atoms with Crippen LogP contribution in [0.2, 0.25) is 0 Å².